The van der Waals surface area contributed by atoms with Crippen LogP contribution in [0.15, 0.2) is 18.2 Å². The molecule has 0 fully saturated rings. The van der Waals surface area contributed by atoms with Crippen molar-refractivity contribution in [3.63, 3.8) is 0 Å². The Bertz CT molecular complexity index is 671. The number of para-hydroxylation sites is 1. The Morgan fingerprint density at radius 3 is 2.81 bits per heavy atom. The summed E-state index contributed by atoms with van der Waals surface area (Å²) in [6.07, 6.45) is 0.910. The molecule has 1 aromatic heterocycles. The molecule has 2 aromatic rings. The Hall–Kier alpha value is -1.52. The van der Waals surface area contributed by atoms with E-state index >= 15 is 0 Å². The van der Waals surface area contributed by atoms with Gasteiger partial charge in [0.05, 0.1) is 17.8 Å². The zero-order valence-corrected chi connectivity index (χ0v) is 13.3. The number of hydrogen-bond donors (Lipinski definition) is 1. The summed E-state index contributed by atoms with van der Waals surface area (Å²) >= 11 is 0. The second kappa shape index (κ2) is 5.04. The molecule has 0 saturated heterocycles. The summed E-state index contributed by atoms with van der Waals surface area (Å²) in [7, 11) is 4.14. The first kappa shape index (κ1) is 14.4. The van der Waals surface area contributed by atoms with Crippen molar-refractivity contribution in [2.24, 2.45) is 0 Å². The maximum atomic E-state index is 10.4. The zero-order valence-electron chi connectivity index (χ0n) is 13.3. The number of nitrogens with zero attached hydrogens (tertiary/aromatic N) is 2. The predicted octanol–water partition coefficient (Wildman–Crippen LogP) is 2.72. The van der Waals surface area contributed by atoms with E-state index in [1.807, 2.05) is 6.07 Å². The molecule has 1 aliphatic heterocycles. The maximum Gasteiger partial charge on any atom is 0.139 e. The van der Waals surface area contributed by atoms with Crippen LogP contribution in [0.5, 0.6) is 5.75 Å². The van der Waals surface area contributed by atoms with Crippen LogP contribution < -0.4 is 0 Å². The number of aromatic hydroxyl groups is 1. The van der Waals surface area contributed by atoms with E-state index in [2.05, 4.69) is 43.5 Å². The van der Waals surface area contributed by atoms with Crippen LogP contribution >= 0.6 is 0 Å². The molecular formula is C17H24N2O2. The standard InChI is InChI=1S/C17H24N2O2/c1-17(2)16-13(8-11-21-17)12-6-5-7-14(20)15(12)19(16)10-9-18(3)4/h5-7,20H,8-11H2,1-4H3. The van der Waals surface area contributed by atoms with Crippen LogP contribution in [0, 0.1) is 0 Å². The summed E-state index contributed by atoms with van der Waals surface area (Å²) in [5.74, 6) is 0.358. The van der Waals surface area contributed by atoms with Crippen molar-refractivity contribution in [3.8, 4) is 5.75 Å². The lowest BCUT2D eigenvalue weighted by Crippen LogP contribution is -2.32. The van der Waals surface area contributed by atoms with E-state index < -0.39 is 0 Å². The van der Waals surface area contributed by atoms with Crippen molar-refractivity contribution in [1.82, 2.24) is 9.47 Å². The minimum absolute atomic E-state index is 0.314. The lowest BCUT2D eigenvalue weighted by molar-refractivity contribution is -0.0370. The van der Waals surface area contributed by atoms with Crippen LogP contribution in [0.25, 0.3) is 10.9 Å². The molecule has 1 aliphatic rings. The van der Waals surface area contributed by atoms with Crippen molar-refractivity contribution in [3.05, 3.63) is 29.5 Å². The first-order valence-electron chi connectivity index (χ1n) is 7.54. The first-order valence-corrected chi connectivity index (χ1v) is 7.54. The van der Waals surface area contributed by atoms with Crippen molar-refractivity contribution in [2.75, 3.05) is 27.2 Å². The van der Waals surface area contributed by atoms with E-state index in [0.717, 1.165) is 31.6 Å². The quantitative estimate of drug-likeness (QED) is 0.943. The third-order valence-corrected chi connectivity index (χ3v) is 4.32. The highest BCUT2D eigenvalue weighted by molar-refractivity contribution is 5.90. The van der Waals surface area contributed by atoms with Crippen LogP contribution in [0.4, 0.5) is 0 Å². The molecule has 0 spiro atoms. The minimum Gasteiger partial charge on any atom is -0.506 e. The molecule has 114 valence electrons. The number of hydrogen-bond acceptors (Lipinski definition) is 3. The number of likely N-dealkylation sites (N-methyl/N-ethyl adjacent to an activating group) is 1. The molecular weight excluding hydrogens is 264 g/mol. The maximum absolute atomic E-state index is 10.4. The number of fused-ring (bicyclic) bond motifs is 3. The average molecular weight is 288 g/mol. The molecule has 1 aromatic carbocycles. The SMILES string of the molecule is CN(C)CCn1c2c(c3cccc(O)c31)CCOC2(C)C. The molecule has 21 heavy (non-hydrogen) atoms. The van der Waals surface area contributed by atoms with Gasteiger partial charge in [0, 0.05) is 18.5 Å². The van der Waals surface area contributed by atoms with Crippen LogP contribution in [-0.2, 0) is 23.3 Å². The Balaban J connectivity index is 2.26. The summed E-state index contributed by atoms with van der Waals surface area (Å²) in [6, 6.07) is 5.81. The Morgan fingerprint density at radius 1 is 1.33 bits per heavy atom. The Kier molecular flexibility index (Phi) is 3.46. The molecule has 0 aliphatic carbocycles. The largest absolute Gasteiger partial charge is 0.506 e. The number of phenols is 1. The van der Waals surface area contributed by atoms with Gasteiger partial charge in [0.2, 0.25) is 0 Å². The highest BCUT2D eigenvalue weighted by Gasteiger charge is 2.34. The zero-order chi connectivity index (χ0) is 15.2. The number of benzene rings is 1. The third kappa shape index (κ3) is 2.32. The fraction of sp³-hybridized carbons (Fsp3) is 0.529. The normalized spacial score (nSPS) is 17.4. The highest BCUT2D eigenvalue weighted by atomic mass is 16.5. The molecule has 0 radical (unpaired) electrons. The molecule has 0 bridgehead atoms. The van der Waals surface area contributed by atoms with Gasteiger partial charge in [-0.1, -0.05) is 12.1 Å². The van der Waals surface area contributed by atoms with Gasteiger partial charge in [-0.05, 0) is 46.0 Å². The van der Waals surface area contributed by atoms with E-state index in [1.165, 1.54) is 16.6 Å². The van der Waals surface area contributed by atoms with Crippen molar-refractivity contribution < 1.29 is 9.84 Å². The lowest BCUT2D eigenvalue weighted by Gasteiger charge is -2.33. The summed E-state index contributed by atoms with van der Waals surface area (Å²) in [5.41, 5.74) is 3.18. The number of aromatic nitrogens is 1. The van der Waals surface area contributed by atoms with Gasteiger partial charge >= 0.3 is 0 Å². The van der Waals surface area contributed by atoms with Crippen LogP contribution in [0.3, 0.4) is 0 Å². The van der Waals surface area contributed by atoms with E-state index in [1.54, 1.807) is 6.07 Å². The topological polar surface area (TPSA) is 37.6 Å². The van der Waals surface area contributed by atoms with E-state index in [4.69, 9.17) is 4.74 Å². The summed E-state index contributed by atoms with van der Waals surface area (Å²) in [4.78, 5) is 2.16. The molecule has 1 N–H and O–H groups in total. The van der Waals surface area contributed by atoms with E-state index in [0.29, 0.717) is 5.75 Å². The second-order valence-electron chi connectivity index (χ2n) is 6.56. The van der Waals surface area contributed by atoms with Gasteiger partial charge in [-0.3, -0.25) is 0 Å². The Labute approximate surface area is 125 Å². The fourth-order valence-corrected chi connectivity index (χ4v) is 3.40. The molecule has 0 atom stereocenters. The fourth-order valence-electron chi connectivity index (χ4n) is 3.40. The van der Waals surface area contributed by atoms with Crippen LogP contribution in [0.2, 0.25) is 0 Å². The molecule has 0 amide bonds. The molecule has 0 unspecified atom stereocenters. The predicted molar refractivity (Wildman–Crippen MR) is 84.8 cm³/mol. The van der Waals surface area contributed by atoms with Gasteiger partial charge in [0.25, 0.3) is 0 Å². The van der Waals surface area contributed by atoms with E-state index in [9.17, 15) is 5.11 Å². The third-order valence-electron chi connectivity index (χ3n) is 4.32. The second-order valence-corrected chi connectivity index (χ2v) is 6.56. The lowest BCUT2D eigenvalue weighted by atomic mass is 9.94. The van der Waals surface area contributed by atoms with Crippen molar-refractivity contribution >= 4 is 10.9 Å². The molecule has 4 heteroatoms. The number of phenolic OH excluding ortho intramolecular Hbond substituents is 1. The van der Waals surface area contributed by atoms with Gasteiger partial charge < -0.3 is 19.3 Å². The number of ether oxygens (including phenoxy) is 1. The van der Waals surface area contributed by atoms with Gasteiger partial charge in [-0.25, -0.2) is 0 Å². The van der Waals surface area contributed by atoms with Crippen LogP contribution in [0.1, 0.15) is 25.1 Å². The molecule has 2 heterocycles. The molecule has 4 nitrogen and oxygen atoms in total. The first-order chi connectivity index (χ1) is 9.92. The molecule has 0 saturated carbocycles. The highest BCUT2D eigenvalue weighted by Crippen LogP contribution is 2.41. The van der Waals surface area contributed by atoms with Gasteiger partial charge in [-0.2, -0.15) is 0 Å². The average Bonchev–Trinajstić information content (AvgIpc) is 2.73. The van der Waals surface area contributed by atoms with Crippen molar-refractivity contribution in [2.45, 2.75) is 32.4 Å². The minimum atomic E-state index is -0.314. The Morgan fingerprint density at radius 2 is 2.10 bits per heavy atom. The summed E-state index contributed by atoms with van der Waals surface area (Å²) in [6.45, 7) is 6.76. The van der Waals surface area contributed by atoms with Gasteiger partial charge in [-0.15, -0.1) is 0 Å². The van der Waals surface area contributed by atoms with Gasteiger partial charge in [0.1, 0.15) is 11.4 Å². The molecule has 3 rings (SSSR count). The van der Waals surface area contributed by atoms with E-state index in [-0.39, 0.29) is 5.60 Å². The van der Waals surface area contributed by atoms with Gasteiger partial charge in [0.15, 0.2) is 0 Å². The van der Waals surface area contributed by atoms with Crippen molar-refractivity contribution in [1.29, 1.82) is 0 Å². The summed E-state index contributed by atoms with van der Waals surface area (Å²) < 4.78 is 8.24. The number of rotatable bonds is 3. The smallest absolute Gasteiger partial charge is 0.139 e. The van der Waals surface area contributed by atoms with Crippen LogP contribution in [-0.4, -0.2) is 41.8 Å². The monoisotopic (exact) mass is 288 g/mol. The summed E-state index contributed by atoms with van der Waals surface area (Å²) in [5, 5.41) is 11.5.